The number of hydrogen-bond acceptors (Lipinski definition) is 4. The van der Waals surface area contributed by atoms with Crippen LogP contribution in [-0.2, 0) is 0 Å². The summed E-state index contributed by atoms with van der Waals surface area (Å²) in [6, 6.07) is 8.09. The van der Waals surface area contributed by atoms with E-state index in [0.29, 0.717) is 0 Å². The van der Waals surface area contributed by atoms with Crippen molar-refractivity contribution in [2.24, 2.45) is 0 Å². The Morgan fingerprint density at radius 2 is 1.08 bits per heavy atom. The van der Waals surface area contributed by atoms with Gasteiger partial charge in [-0.25, -0.2) is 0 Å². The number of rotatable bonds is 4. The molecule has 1 aromatic carbocycles. The molecule has 0 aliphatic heterocycles. The summed E-state index contributed by atoms with van der Waals surface area (Å²) in [5.41, 5.74) is 0. The van der Waals surface area contributed by atoms with E-state index >= 15 is 0 Å². The number of benzene rings is 1. The molecule has 0 saturated heterocycles. The lowest BCUT2D eigenvalue weighted by Gasteiger charge is -1.97. The fraction of sp³-hybridized carbons (Fsp3) is 0. The summed E-state index contributed by atoms with van der Waals surface area (Å²) < 4.78 is 0. The summed E-state index contributed by atoms with van der Waals surface area (Å²) >= 11 is 0. The third-order valence-corrected chi connectivity index (χ3v) is 4.80. The van der Waals surface area contributed by atoms with Crippen molar-refractivity contribution in [3.63, 3.8) is 0 Å². The van der Waals surface area contributed by atoms with Gasteiger partial charge in [-0.15, -0.1) is 0 Å². The second-order valence-corrected chi connectivity index (χ2v) is 7.32. The molecule has 0 spiro atoms. The molecule has 1 aromatic rings. The van der Waals surface area contributed by atoms with Gasteiger partial charge in [-0.1, -0.05) is 0 Å². The SMILES string of the molecule is ClSSc1ccc(SSCl)cc1. The van der Waals surface area contributed by atoms with Crippen molar-refractivity contribution in [2.45, 2.75) is 9.79 Å². The topological polar surface area (TPSA) is 0 Å². The standard InChI is InChI=1S/C6H4Cl2S4/c7-11-9-5-1-2-6(4-3-5)10-12-8/h1-4H. The molecule has 1 rings (SSSR count). The van der Waals surface area contributed by atoms with Crippen molar-refractivity contribution in [3.8, 4) is 0 Å². The van der Waals surface area contributed by atoms with Gasteiger partial charge in [0.15, 0.2) is 0 Å². The van der Waals surface area contributed by atoms with Crippen LogP contribution < -0.4 is 0 Å². The van der Waals surface area contributed by atoms with Crippen LogP contribution >= 0.6 is 63.0 Å². The molecule has 0 saturated carbocycles. The molecule has 0 atom stereocenters. The summed E-state index contributed by atoms with van der Waals surface area (Å²) in [6.45, 7) is 0. The maximum Gasteiger partial charge on any atom is 0.0195 e. The van der Waals surface area contributed by atoms with Crippen LogP contribution in [-0.4, -0.2) is 0 Å². The maximum absolute atomic E-state index is 5.49. The highest BCUT2D eigenvalue weighted by Gasteiger charge is 1.95. The molecular weight excluding hydrogens is 271 g/mol. The van der Waals surface area contributed by atoms with Crippen LogP contribution in [0.25, 0.3) is 0 Å². The van der Waals surface area contributed by atoms with Gasteiger partial charge in [-0.3, -0.25) is 0 Å². The van der Waals surface area contributed by atoms with E-state index < -0.39 is 0 Å². The third kappa shape index (κ3) is 3.94. The largest absolute Gasteiger partial charge is 0.0465 e. The maximum atomic E-state index is 5.49. The lowest BCUT2D eigenvalue weighted by molar-refractivity contribution is 1.37. The first-order valence-corrected chi connectivity index (χ1v) is 8.82. The third-order valence-electron chi connectivity index (χ3n) is 1.08. The van der Waals surface area contributed by atoms with E-state index in [1.807, 2.05) is 24.3 Å². The molecule has 0 nitrogen and oxygen atoms in total. The molecule has 12 heavy (non-hydrogen) atoms. The summed E-state index contributed by atoms with van der Waals surface area (Å²) in [4.78, 5) is 2.30. The van der Waals surface area contributed by atoms with Crippen molar-refractivity contribution in [1.82, 2.24) is 0 Å². The average molecular weight is 275 g/mol. The first-order valence-electron chi connectivity index (χ1n) is 2.87. The Morgan fingerprint density at radius 1 is 0.750 bits per heavy atom. The molecule has 0 amide bonds. The van der Waals surface area contributed by atoms with Crippen LogP contribution in [0.1, 0.15) is 0 Å². The second kappa shape index (κ2) is 6.62. The Balaban J connectivity index is 2.58. The Kier molecular flexibility index (Phi) is 6.22. The zero-order valence-electron chi connectivity index (χ0n) is 5.70. The van der Waals surface area contributed by atoms with Crippen molar-refractivity contribution in [2.75, 3.05) is 0 Å². The minimum atomic E-state index is 1.15. The Morgan fingerprint density at radius 3 is 1.33 bits per heavy atom. The van der Waals surface area contributed by atoms with Crippen molar-refractivity contribution < 1.29 is 0 Å². The molecular formula is C6H4Cl2S4. The van der Waals surface area contributed by atoms with Crippen LogP contribution in [0, 0.1) is 0 Å². The Bertz CT molecular complexity index is 200. The van der Waals surface area contributed by atoms with E-state index in [2.05, 4.69) is 0 Å². The fourth-order valence-electron chi connectivity index (χ4n) is 0.623. The predicted molar refractivity (Wildman–Crippen MR) is 65.0 cm³/mol. The molecule has 0 fully saturated rings. The van der Waals surface area contributed by atoms with Crippen LogP contribution in [0.3, 0.4) is 0 Å². The lowest BCUT2D eigenvalue weighted by Crippen LogP contribution is -1.68. The van der Waals surface area contributed by atoms with E-state index in [1.165, 1.54) is 41.6 Å². The van der Waals surface area contributed by atoms with Gasteiger partial charge in [-0.2, -0.15) is 0 Å². The van der Waals surface area contributed by atoms with Gasteiger partial charge in [0.25, 0.3) is 0 Å². The van der Waals surface area contributed by atoms with E-state index in [4.69, 9.17) is 21.4 Å². The smallest absolute Gasteiger partial charge is 0.0195 e. The van der Waals surface area contributed by atoms with E-state index in [0.717, 1.165) is 9.79 Å². The highest BCUT2D eigenvalue weighted by Crippen LogP contribution is 2.37. The number of hydrogen-bond donors (Lipinski definition) is 0. The molecule has 0 heterocycles. The van der Waals surface area contributed by atoms with Crippen molar-refractivity contribution >= 4 is 63.0 Å². The van der Waals surface area contributed by atoms with Gasteiger partial charge in [0.1, 0.15) is 0 Å². The lowest BCUT2D eigenvalue weighted by atomic mass is 10.4. The normalized spacial score (nSPS) is 10.2. The van der Waals surface area contributed by atoms with Gasteiger partial charge in [0, 0.05) is 29.8 Å². The van der Waals surface area contributed by atoms with E-state index in [-0.39, 0.29) is 0 Å². The van der Waals surface area contributed by atoms with E-state index in [1.54, 1.807) is 0 Å². The number of halogens is 2. The Hall–Kier alpha value is 1.20. The van der Waals surface area contributed by atoms with Crippen molar-refractivity contribution in [1.29, 1.82) is 0 Å². The summed E-state index contributed by atoms with van der Waals surface area (Å²) in [7, 11) is 16.5. The molecule has 66 valence electrons. The first kappa shape index (κ1) is 11.3. The zero-order chi connectivity index (χ0) is 8.81. The summed E-state index contributed by atoms with van der Waals surface area (Å²) in [6.07, 6.45) is 0. The highest BCUT2D eigenvalue weighted by molar-refractivity contribution is 8.85. The monoisotopic (exact) mass is 274 g/mol. The van der Waals surface area contributed by atoms with Crippen LogP contribution in [0.5, 0.6) is 0 Å². The van der Waals surface area contributed by atoms with Crippen LogP contribution in [0.15, 0.2) is 34.1 Å². The zero-order valence-corrected chi connectivity index (χ0v) is 10.5. The fourth-order valence-corrected chi connectivity index (χ4v) is 3.68. The highest BCUT2D eigenvalue weighted by atomic mass is 35.7. The Labute approximate surface area is 96.3 Å². The van der Waals surface area contributed by atoms with Gasteiger partial charge in [0.2, 0.25) is 0 Å². The van der Waals surface area contributed by atoms with Crippen molar-refractivity contribution in [3.05, 3.63) is 24.3 Å². The quantitative estimate of drug-likeness (QED) is 0.667. The van der Waals surface area contributed by atoms with E-state index in [9.17, 15) is 0 Å². The molecule has 0 unspecified atom stereocenters. The molecule has 0 aliphatic carbocycles. The first-order chi connectivity index (χ1) is 5.86. The molecule has 0 aromatic heterocycles. The molecule has 0 N–H and O–H groups in total. The van der Waals surface area contributed by atoms with Crippen LogP contribution in [0.2, 0.25) is 0 Å². The van der Waals surface area contributed by atoms with Gasteiger partial charge >= 0.3 is 0 Å². The minimum absolute atomic E-state index is 1.15. The summed E-state index contributed by atoms with van der Waals surface area (Å²) in [5.74, 6) is 0. The molecule has 0 radical (unpaired) electrons. The molecule has 0 bridgehead atoms. The van der Waals surface area contributed by atoms with Gasteiger partial charge < -0.3 is 0 Å². The molecule has 6 heteroatoms. The average Bonchev–Trinajstić information content (AvgIpc) is 2.09. The van der Waals surface area contributed by atoms with Gasteiger partial charge in [-0.05, 0) is 67.2 Å². The second-order valence-electron chi connectivity index (χ2n) is 1.76. The summed E-state index contributed by atoms with van der Waals surface area (Å²) in [5, 5.41) is 0. The minimum Gasteiger partial charge on any atom is -0.0465 e. The molecule has 0 aliphatic rings. The van der Waals surface area contributed by atoms with Crippen LogP contribution in [0.4, 0.5) is 0 Å². The predicted octanol–water partition coefficient (Wildman–Crippen LogP) is 5.47. The van der Waals surface area contributed by atoms with Gasteiger partial charge in [0.05, 0.1) is 0 Å².